The molecule has 0 aromatic carbocycles. The van der Waals surface area contributed by atoms with E-state index >= 15 is 0 Å². The number of aromatic nitrogens is 1. The molecule has 1 rings (SSSR count). The van der Waals surface area contributed by atoms with Crippen LogP contribution in [0.1, 0.15) is 11.7 Å². The van der Waals surface area contributed by atoms with E-state index in [-0.39, 0.29) is 6.61 Å². The average molecular weight is 156 g/mol. The summed E-state index contributed by atoms with van der Waals surface area (Å²) < 4.78 is 12.4. The van der Waals surface area contributed by atoms with Gasteiger partial charge in [-0.1, -0.05) is 6.07 Å². The van der Waals surface area contributed by atoms with E-state index in [1.807, 2.05) is 0 Å². The quantitative estimate of drug-likeness (QED) is 0.602. The molecule has 0 radical (unpaired) electrons. The highest BCUT2D eigenvalue weighted by Gasteiger charge is 2.05. The largest absolute Gasteiger partial charge is 0.394 e. The molecule has 3 N–H and O–H groups in total. The van der Waals surface area contributed by atoms with Crippen molar-refractivity contribution >= 4 is 0 Å². The Morgan fingerprint density at radius 1 is 1.64 bits per heavy atom. The first-order valence-electron chi connectivity index (χ1n) is 3.23. The van der Waals surface area contributed by atoms with Crippen LogP contribution in [0.5, 0.6) is 0 Å². The molecule has 0 saturated heterocycles. The van der Waals surface area contributed by atoms with Crippen LogP contribution in [-0.4, -0.2) is 16.7 Å². The van der Waals surface area contributed by atoms with Gasteiger partial charge >= 0.3 is 0 Å². The Hall–Kier alpha value is -1.00. The fourth-order valence-corrected chi connectivity index (χ4v) is 0.724. The summed E-state index contributed by atoms with van der Waals surface area (Å²) in [6, 6.07) is 3.72. The minimum atomic E-state index is -0.592. The smallest absolute Gasteiger partial charge is 0.213 e. The lowest BCUT2D eigenvalue weighted by molar-refractivity contribution is 0.265. The number of halogens is 1. The van der Waals surface area contributed by atoms with Crippen LogP contribution >= 0.6 is 0 Å². The van der Waals surface area contributed by atoms with E-state index in [1.54, 1.807) is 6.07 Å². The zero-order valence-corrected chi connectivity index (χ0v) is 5.87. The van der Waals surface area contributed by atoms with Crippen molar-refractivity contribution in [3.63, 3.8) is 0 Å². The molecule has 0 unspecified atom stereocenters. The van der Waals surface area contributed by atoms with Gasteiger partial charge in [0, 0.05) is 0 Å². The van der Waals surface area contributed by atoms with E-state index in [0.29, 0.717) is 5.69 Å². The number of hydrogen-bond acceptors (Lipinski definition) is 3. The van der Waals surface area contributed by atoms with E-state index in [0.717, 1.165) is 0 Å². The monoisotopic (exact) mass is 156 g/mol. The Bertz CT molecular complexity index is 242. The molecule has 11 heavy (non-hydrogen) atoms. The average Bonchev–Trinajstić information content (AvgIpc) is 2.03. The number of aliphatic hydroxyl groups excluding tert-OH is 1. The van der Waals surface area contributed by atoms with Crippen LogP contribution in [0.15, 0.2) is 18.2 Å². The Labute approximate surface area is 63.7 Å². The first-order valence-corrected chi connectivity index (χ1v) is 3.23. The molecule has 0 amide bonds. The van der Waals surface area contributed by atoms with Crippen LogP contribution in [0.2, 0.25) is 0 Å². The second kappa shape index (κ2) is 3.41. The van der Waals surface area contributed by atoms with Gasteiger partial charge in [-0.15, -0.1) is 0 Å². The van der Waals surface area contributed by atoms with Gasteiger partial charge in [0.2, 0.25) is 5.95 Å². The summed E-state index contributed by atoms with van der Waals surface area (Å²) in [5.41, 5.74) is 5.75. The third kappa shape index (κ3) is 1.96. The number of hydrogen-bond donors (Lipinski definition) is 2. The van der Waals surface area contributed by atoms with Crippen molar-refractivity contribution in [2.75, 3.05) is 6.61 Å². The molecule has 0 bridgehead atoms. The molecule has 1 aromatic rings. The Morgan fingerprint density at radius 3 is 2.91 bits per heavy atom. The summed E-state index contributed by atoms with van der Waals surface area (Å²) in [5.74, 6) is -0.577. The summed E-state index contributed by atoms with van der Waals surface area (Å²) in [4.78, 5) is 3.49. The van der Waals surface area contributed by atoms with E-state index in [4.69, 9.17) is 10.8 Å². The van der Waals surface area contributed by atoms with Crippen LogP contribution in [0.25, 0.3) is 0 Å². The van der Waals surface area contributed by atoms with Gasteiger partial charge in [0.05, 0.1) is 18.3 Å². The van der Waals surface area contributed by atoms with E-state index in [1.165, 1.54) is 12.1 Å². The van der Waals surface area contributed by atoms with Gasteiger partial charge in [-0.05, 0) is 12.1 Å². The zero-order chi connectivity index (χ0) is 8.27. The molecular weight excluding hydrogens is 147 g/mol. The molecular formula is C7H9FN2O. The van der Waals surface area contributed by atoms with E-state index in [2.05, 4.69) is 4.98 Å². The van der Waals surface area contributed by atoms with Gasteiger partial charge in [0.1, 0.15) is 0 Å². The van der Waals surface area contributed by atoms with Crippen LogP contribution in [-0.2, 0) is 0 Å². The molecule has 0 spiro atoms. The van der Waals surface area contributed by atoms with Gasteiger partial charge in [-0.3, -0.25) is 0 Å². The van der Waals surface area contributed by atoms with Gasteiger partial charge in [-0.25, -0.2) is 4.98 Å². The fourth-order valence-electron chi connectivity index (χ4n) is 0.724. The van der Waals surface area contributed by atoms with Crippen molar-refractivity contribution in [3.8, 4) is 0 Å². The third-order valence-electron chi connectivity index (χ3n) is 1.31. The second-order valence-corrected chi connectivity index (χ2v) is 2.17. The van der Waals surface area contributed by atoms with Crippen LogP contribution < -0.4 is 5.73 Å². The summed E-state index contributed by atoms with van der Waals surface area (Å²) >= 11 is 0. The van der Waals surface area contributed by atoms with E-state index < -0.39 is 12.0 Å². The standard InChI is InChI=1S/C7H9FN2O/c8-7-3-1-2-6(10-7)5(9)4-11/h1-3,5,11H,4,9H2/t5-/m1/s1. The van der Waals surface area contributed by atoms with Gasteiger partial charge in [0.15, 0.2) is 0 Å². The maximum atomic E-state index is 12.4. The fraction of sp³-hybridized carbons (Fsp3) is 0.286. The first-order chi connectivity index (χ1) is 5.24. The van der Waals surface area contributed by atoms with E-state index in [9.17, 15) is 4.39 Å². The Morgan fingerprint density at radius 2 is 2.36 bits per heavy atom. The highest BCUT2D eigenvalue weighted by Crippen LogP contribution is 2.05. The number of nitrogens with two attached hydrogens (primary N) is 1. The molecule has 60 valence electrons. The maximum absolute atomic E-state index is 12.4. The zero-order valence-electron chi connectivity index (χ0n) is 5.87. The molecule has 0 aliphatic carbocycles. The number of pyridine rings is 1. The van der Waals surface area contributed by atoms with Crippen molar-refractivity contribution in [1.29, 1.82) is 0 Å². The van der Waals surface area contributed by atoms with Gasteiger partial charge in [0.25, 0.3) is 0 Å². The number of aliphatic hydroxyl groups is 1. The molecule has 4 heteroatoms. The Kier molecular flexibility index (Phi) is 2.51. The van der Waals surface area contributed by atoms with Crippen molar-refractivity contribution in [1.82, 2.24) is 4.98 Å². The molecule has 1 atom stereocenters. The van der Waals surface area contributed by atoms with Crippen LogP contribution in [0, 0.1) is 5.95 Å². The predicted molar refractivity (Wildman–Crippen MR) is 38.2 cm³/mol. The van der Waals surface area contributed by atoms with Crippen molar-refractivity contribution in [2.45, 2.75) is 6.04 Å². The lowest BCUT2D eigenvalue weighted by Crippen LogP contribution is -2.16. The molecule has 0 aliphatic rings. The minimum absolute atomic E-state index is 0.226. The predicted octanol–water partition coefficient (Wildman–Crippen LogP) is 0.213. The number of nitrogens with zero attached hydrogens (tertiary/aromatic N) is 1. The molecule has 0 fully saturated rings. The lowest BCUT2D eigenvalue weighted by atomic mass is 10.2. The van der Waals surface area contributed by atoms with Crippen LogP contribution in [0.4, 0.5) is 4.39 Å². The van der Waals surface area contributed by atoms with Crippen molar-refractivity contribution < 1.29 is 9.50 Å². The molecule has 1 aromatic heterocycles. The van der Waals surface area contributed by atoms with Gasteiger partial charge in [-0.2, -0.15) is 4.39 Å². The lowest BCUT2D eigenvalue weighted by Gasteiger charge is -2.05. The topological polar surface area (TPSA) is 59.1 Å². The van der Waals surface area contributed by atoms with Gasteiger partial charge < -0.3 is 10.8 Å². The summed E-state index contributed by atoms with van der Waals surface area (Å²) in [7, 11) is 0. The minimum Gasteiger partial charge on any atom is -0.394 e. The summed E-state index contributed by atoms with van der Waals surface area (Å²) in [6.07, 6.45) is 0. The molecule has 0 saturated carbocycles. The number of rotatable bonds is 2. The van der Waals surface area contributed by atoms with Crippen molar-refractivity contribution in [3.05, 3.63) is 29.8 Å². The summed E-state index contributed by atoms with van der Waals surface area (Å²) in [6.45, 7) is -0.226. The SMILES string of the molecule is N[C@H](CO)c1cccc(F)n1. The second-order valence-electron chi connectivity index (χ2n) is 2.17. The van der Waals surface area contributed by atoms with Crippen molar-refractivity contribution in [2.24, 2.45) is 5.73 Å². The normalized spacial score (nSPS) is 13.0. The molecule has 3 nitrogen and oxygen atoms in total. The highest BCUT2D eigenvalue weighted by molar-refractivity contribution is 5.08. The van der Waals surface area contributed by atoms with Crippen LogP contribution in [0.3, 0.4) is 0 Å². The summed E-state index contributed by atoms with van der Waals surface area (Å²) in [5, 5.41) is 8.59. The highest BCUT2D eigenvalue weighted by atomic mass is 19.1. The molecule has 1 heterocycles. The first kappa shape index (κ1) is 8.10. The maximum Gasteiger partial charge on any atom is 0.213 e. The third-order valence-corrected chi connectivity index (χ3v) is 1.31. The Balaban J connectivity index is 2.86. The molecule has 0 aliphatic heterocycles.